The molecular weight excluding hydrogens is 256 g/mol. The minimum atomic E-state index is -2.34. The van der Waals surface area contributed by atoms with Gasteiger partial charge in [-0.1, -0.05) is 6.07 Å². The van der Waals surface area contributed by atoms with Crippen LogP contribution in [0.5, 0.6) is 0 Å². The summed E-state index contributed by atoms with van der Waals surface area (Å²) in [6.45, 7) is 1.44. The lowest BCUT2D eigenvalue weighted by Gasteiger charge is -2.33. The first-order chi connectivity index (χ1) is 9.06. The first-order valence-corrected chi connectivity index (χ1v) is 5.99. The second kappa shape index (κ2) is 6.03. The number of alkyl halides is 2. The van der Waals surface area contributed by atoms with Gasteiger partial charge in [0, 0.05) is 31.9 Å². The fourth-order valence-corrected chi connectivity index (χ4v) is 2.13. The Balaban J connectivity index is 2.02. The molecule has 5 nitrogen and oxygen atoms in total. The molecule has 7 heteroatoms. The Hall–Kier alpha value is -1.60. The first kappa shape index (κ1) is 13.8. The standard InChI is InChI=1S/C12H15F2N3O2/c13-11(14)7-17-4-3-15-10(6-17)8-1-2-9(12(18)19)16-5-8/h1-2,5,10-11,15H,3-4,6-7H2,(H,18,19). The third kappa shape index (κ3) is 3.68. The van der Waals surface area contributed by atoms with Gasteiger partial charge in [0.1, 0.15) is 5.69 Å². The van der Waals surface area contributed by atoms with Crippen molar-refractivity contribution in [2.75, 3.05) is 26.2 Å². The van der Waals surface area contributed by atoms with E-state index in [4.69, 9.17) is 5.11 Å². The zero-order valence-electron chi connectivity index (χ0n) is 10.2. The van der Waals surface area contributed by atoms with Crippen LogP contribution in [0.15, 0.2) is 18.3 Å². The van der Waals surface area contributed by atoms with Gasteiger partial charge in [-0.25, -0.2) is 18.6 Å². The highest BCUT2D eigenvalue weighted by atomic mass is 19.3. The van der Waals surface area contributed by atoms with E-state index in [1.165, 1.54) is 12.3 Å². The Morgan fingerprint density at radius 2 is 2.37 bits per heavy atom. The molecule has 19 heavy (non-hydrogen) atoms. The van der Waals surface area contributed by atoms with Crippen LogP contribution in [0.2, 0.25) is 0 Å². The van der Waals surface area contributed by atoms with Crippen LogP contribution in [-0.2, 0) is 0 Å². The summed E-state index contributed by atoms with van der Waals surface area (Å²) in [5.74, 6) is -1.08. The number of halogens is 2. The van der Waals surface area contributed by atoms with Crippen LogP contribution in [0.25, 0.3) is 0 Å². The van der Waals surface area contributed by atoms with Gasteiger partial charge in [-0.15, -0.1) is 0 Å². The highest BCUT2D eigenvalue weighted by Crippen LogP contribution is 2.17. The maximum atomic E-state index is 12.4. The molecule has 0 saturated carbocycles. The van der Waals surface area contributed by atoms with E-state index >= 15 is 0 Å². The number of pyridine rings is 1. The number of rotatable bonds is 4. The van der Waals surface area contributed by atoms with E-state index in [1.807, 2.05) is 0 Å². The van der Waals surface area contributed by atoms with Crippen LogP contribution < -0.4 is 5.32 Å². The van der Waals surface area contributed by atoms with Crippen molar-refractivity contribution in [3.63, 3.8) is 0 Å². The average molecular weight is 271 g/mol. The second-order valence-electron chi connectivity index (χ2n) is 4.44. The topological polar surface area (TPSA) is 65.5 Å². The lowest BCUT2D eigenvalue weighted by molar-refractivity contribution is 0.0687. The van der Waals surface area contributed by atoms with E-state index in [9.17, 15) is 13.6 Å². The predicted molar refractivity (Wildman–Crippen MR) is 64.4 cm³/mol. The Labute approximate surface area is 109 Å². The van der Waals surface area contributed by atoms with E-state index in [2.05, 4.69) is 10.3 Å². The van der Waals surface area contributed by atoms with Crippen molar-refractivity contribution in [2.24, 2.45) is 0 Å². The van der Waals surface area contributed by atoms with Crippen LogP contribution in [0, 0.1) is 0 Å². The number of hydrogen-bond acceptors (Lipinski definition) is 4. The maximum Gasteiger partial charge on any atom is 0.354 e. The van der Waals surface area contributed by atoms with Crippen LogP contribution in [-0.4, -0.2) is 53.6 Å². The molecule has 2 N–H and O–H groups in total. The molecule has 0 aromatic carbocycles. The van der Waals surface area contributed by atoms with Gasteiger partial charge in [0.2, 0.25) is 0 Å². The minimum absolute atomic E-state index is 0.0241. The Morgan fingerprint density at radius 3 is 2.95 bits per heavy atom. The highest BCUT2D eigenvalue weighted by molar-refractivity contribution is 5.85. The summed E-state index contributed by atoms with van der Waals surface area (Å²) in [5, 5.41) is 12.0. The van der Waals surface area contributed by atoms with Crippen molar-refractivity contribution in [1.82, 2.24) is 15.2 Å². The number of piperazine rings is 1. The monoisotopic (exact) mass is 271 g/mol. The number of nitrogens with zero attached hydrogens (tertiary/aromatic N) is 2. The molecule has 0 bridgehead atoms. The zero-order valence-corrected chi connectivity index (χ0v) is 10.2. The fourth-order valence-electron chi connectivity index (χ4n) is 2.13. The molecule has 1 atom stereocenters. The fraction of sp³-hybridized carbons (Fsp3) is 0.500. The first-order valence-electron chi connectivity index (χ1n) is 5.99. The molecule has 0 amide bonds. The van der Waals surface area contributed by atoms with Gasteiger partial charge in [0.15, 0.2) is 0 Å². The molecule has 104 valence electrons. The molecule has 2 heterocycles. The summed E-state index contributed by atoms with van der Waals surface area (Å²) >= 11 is 0. The molecule has 1 saturated heterocycles. The molecule has 1 aromatic heterocycles. The Morgan fingerprint density at radius 1 is 1.58 bits per heavy atom. The Kier molecular flexibility index (Phi) is 4.39. The molecule has 0 aliphatic carbocycles. The zero-order chi connectivity index (χ0) is 13.8. The van der Waals surface area contributed by atoms with E-state index in [0.717, 1.165) is 5.56 Å². The summed E-state index contributed by atoms with van der Waals surface area (Å²) in [5.41, 5.74) is 0.785. The minimum Gasteiger partial charge on any atom is -0.477 e. The number of carboxylic acid groups (broad SMARTS) is 1. The molecule has 1 aliphatic heterocycles. The van der Waals surface area contributed by atoms with Crippen LogP contribution in [0.3, 0.4) is 0 Å². The van der Waals surface area contributed by atoms with Gasteiger partial charge in [0.05, 0.1) is 6.54 Å². The molecule has 1 unspecified atom stereocenters. The van der Waals surface area contributed by atoms with Crippen molar-refractivity contribution in [3.8, 4) is 0 Å². The summed E-state index contributed by atoms with van der Waals surface area (Å²) in [6, 6.07) is 2.99. The van der Waals surface area contributed by atoms with Crippen molar-refractivity contribution in [3.05, 3.63) is 29.6 Å². The smallest absolute Gasteiger partial charge is 0.354 e. The third-order valence-corrected chi connectivity index (χ3v) is 3.06. The molecule has 1 aliphatic rings. The van der Waals surface area contributed by atoms with Crippen molar-refractivity contribution >= 4 is 5.97 Å². The van der Waals surface area contributed by atoms with E-state index in [0.29, 0.717) is 19.6 Å². The van der Waals surface area contributed by atoms with Gasteiger partial charge in [-0.2, -0.15) is 0 Å². The van der Waals surface area contributed by atoms with Crippen molar-refractivity contribution in [1.29, 1.82) is 0 Å². The predicted octanol–water partition coefficient (Wildman–Crippen LogP) is 0.991. The number of aromatic carboxylic acids is 1. The summed E-state index contributed by atoms with van der Waals surface area (Å²) < 4.78 is 24.7. The highest BCUT2D eigenvalue weighted by Gasteiger charge is 2.23. The second-order valence-corrected chi connectivity index (χ2v) is 4.44. The molecule has 1 aromatic rings. The van der Waals surface area contributed by atoms with Crippen molar-refractivity contribution in [2.45, 2.75) is 12.5 Å². The van der Waals surface area contributed by atoms with Crippen LogP contribution in [0.4, 0.5) is 8.78 Å². The number of carbonyl (C=O) groups is 1. The lowest BCUT2D eigenvalue weighted by Crippen LogP contribution is -2.47. The normalized spacial score (nSPS) is 20.7. The number of carboxylic acids is 1. The molecule has 1 fully saturated rings. The SMILES string of the molecule is O=C(O)c1ccc(C2CN(CC(F)F)CCN2)cn1. The van der Waals surface area contributed by atoms with E-state index in [-0.39, 0.29) is 18.3 Å². The van der Waals surface area contributed by atoms with Crippen LogP contribution in [0.1, 0.15) is 22.1 Å². The summed E-state index contributed by atoms with van der Waals surface area (Å²) in [7, 11) is 0. The largest absolute Gasteiger partial charge is 0.477 e. The molecular formula is C12H15F2N3O2. The molecule has 0 spiro atoms. The lowest BCUT2D eigenvalue weighted by atomic mass is 10.1. The van der Waals surface area contributed by atoms with Crippen molar-refractivity contribution < 1.29 is 18.7 Å². The third-order valence-electron chi connectivity index (χ3n) is 3.06. The Bertz CT molecular complexity index is 439. The summed E-state index contributed by atoms with van der Waals surface area (Å²) in [6.07, 6.45) is -0.862. The van der Waals surface area contributed by atoms with Crippen LogP contribution >= 0.6 is 0 Å². The number of nitrogens with one attached hydrogen (secondary N) is 1. The van der Waals surface area contributed by atoms with Gasteiger partial charge in [-0.3, -0.25) is 4.90 Å². The van der Waals surface area contributed by atoms with Gasteiger partial charge in [-0.05, 0) is 11.6 Å². The quantitative estimate of drug-likeness (QED) is 0.855. The van der Waals surface area contributed by atoms with Gasteiger partial charge in [0.25, 0.3) is 6.43 Å². The van der Waals surface area contributed by atoms with E-state index < -0.39 is 12.4 Å². The maximum absolute atomic E-state index is 12.4. The number of hydrogen-bond donors (Lipinski definition) is 2. The molecule has 2 rings (SSSR count). The van der Waals surface area contributed by atoms with Gasteiger partial charge >= 0.3 is 5.97 Å². The molecule has 0 radical (unpaired) electrons. The van der Waals surface area contributed by atoms with Gasteiger partial charge < -0.3 is 10.4 Å². The number of aromatic nitrogens is 1. The average Bonchev–Trinajstić information content (AvgIpc) is 2.38. The summed E-state index contributed by atoms with van der Waals surface area (Å²) in [4.78, 5) is 16.2. The van der Waals surface area contributed by atoms with E-state index in [1.54, 1.807) is 11.0 Å².